The van der Waals surface area contributed by atoms with Gasteiger partial charge < -0.3 is 9.84 Å². The van der Waals surface area contributed by atoms with E-state index in [1.54, 1.807) is 0 Å². The first-order valence-corrected chi connectivity index (χ1v) is 5.08. The number of rotatable bonds is 3. The molecule has 1 N–H and O–H groups in total. The molecule has 0 radical (unpaired) electrons. The maximum atomic E-state index is 11.3. The number of alkyl halides is 1. The van der Waals surface area contributed by atoms with E-state index >= 15 is 0 Å². The zero-order valence-electron chi connectivity index (χ0n) is 7.86. The molecule has 1 aromatic rings. The standard InChI is InChI=1S/C9H8BrNO4/c1-15-9(14)6-2-5(3-10)4-11-7(6)8(12)13/h2,4H,3H2,1H3,(H,12,13). The SMILES string of the molecule is COC(=O)c1cc(CBr)cnc1C(=O)O. The topological polar surface area (TPSA) is 76.5 Å². The Morgan fingerprint density at radius 3 is 2.73 bits per heavy atom. The lowest BCUT2D eigenvalue weighted by atomic mass is 10.1. The molecule has 0 bridgehead atoms. The maximum Gasteiger partial charge on any atom is 0.355 e. The number of esters is 1. The van der Waals surface area contributed by atoms with Crippen molar-refractivity contribution in [1.29, 1.82) is 0 Å². The van der Waals surface area contributed by atoms with E-state index in [1.807, 2.05) is 0 Å². The normalized spacial score (nSPS) is 9.73. The zero-order valence-corrected chi connectivity index (χ0v) is 9.44. The van der Waals surface area contributed by atoms with Crippen molar-refractivity contribution < 1.29 is 19.4 Å². The summed E-state index contributed by atoms with van der Waals surface area (Å²) in [7, 11) is 1.19. The molecule has 1 rings (SSSR count). The predicted molar refractivity (Wildman–Crippen MR) is 55.2 cm³/mol. The molecule has 0 aromatic carbocycles. The molecule has 1 aromatic heterocycles. The zero-order chi connectivity index (χ0) is 11.4. The van der Waals surface area contributed by atoms with E-state index in [0.29, 0.717) is 10.9 Å². The van der Waals surface area contributed by atoms with Crippen molar-refractivity contribution >= 4 is 27.9 Å². The van der Waals surface area contributed by atoms with E-state index in [1.165, 1.54) is 19.4 Å². The van der Waals surface area contributed by atoms with Gasteiger partial charge in [0, 0.05) is 11.5 Å². The van der Waals surface area contributed by atoms with E-state index in [2.05, 4.69) is 25.7 Å². The van der Waals surface area contributed by atoms with Crippen molar-refractivity contribution in [2.24, 2.45) is 0 Å². The fourth-order valence-corrected chi connectivity index (χ4v) is 1.32. The average Bonchev–Trinajstić information content (AvgIpc) is 2.26. The van der Waals surface area contributed by atoms with Crippen LogP contribution in [-0.2, 0) is 10.1 Å². The number of hydrogen-bond donors (Lipinski definition) is 1. The van der Waals surface area contributed by atoms with E-state index in [9.17, 15) is 9.59 Å². The second kappa shape index (κ2) is 4.88. The number of aromatic carboxylic acids is 1. The molecule has 5 nitrogen and oxygen atoms in total. The Morgan fingerprint density at radius 1 is 1.60 bits per heavy atom. The summed E-state index contributed by atoms with van der Waals surface area (Å²) < 4.78 is 4.47. The summed E-state index contributed by atoms with van der Waals surface area (Å²) in [6.45, 7) is 0. The number of carboxylic acid groups (broad SMARTS) is 1. The first-order chi connectivity index (χ1) is 7.10. The number of halogens is 1. The molecule has 0 saturated carbocycles. The Labute approximate surface area is 94.2 Å². The average molecular weight is 274 g/mol. The molecule has 0 atom stereocenters. The van der Waals surface area contributed by atoms with Gasteiger partial charge in [-0.1, -0.05) is 15.9 Å². The van der Waals surface area contributed by atoms with Gasteiger partial charge in [0.2, 0.25) is 0 Å². The Hall–Kier alpha value is -1.43. The summed E-state index contributed by atoms with van der Waals surface area (Å²) in [6, 6.07) is 1.44. The number of pyridine rings is 1. The highest BCUT2D eigenvalue weighted by atomic mass is 79.9. The lowest BCUT2D eigenvalue weighted by molar-refractivity contribution is 0.0580. The van der Waals surface area contributed by atoms with Crippen LogP contribution in [0.1, 0.15) is 26.4 Å². The largest absolute Gasteiger partial charge is 0.476 e. The number of methoxy groups -OCH3 is 1. The van der Waals surface area contributed by atoms with Crippen LogP contribution in [0.5, 0.6) is 0 Å². The minimum atomic E-state index is -1.25. The van der Waals surface area contributed by atoms with Gasteiger partial charge in [0.25, 0.3) is 0 Å². The first kappa shape index (κ1) is 11.6. The van der Waals surface area contributed by atoms with Crippen LogP contribution in [0.3, 0.4) is 0 Å². The molecule has 0 aliphatic carbocycles. The second-order valence-corrected chi connectivity index (χ2v) is 3.23. The third-order valence-electron chi connectivity index (χ3n) is 1.71. The molecule has 0 fully saturated rings. The van der Waals surface area contributed by atoms with Crippen LogP contribution >= 0.6 is 15.9 Å². The fourth-order valence-electron chi connectivity index (χ4n) is 1.02. The minimum absolute atomic E-state index is 0.0399. The fraction of sp³-hybridized carbons (Fsp3) is 0.222. The predicted octanol–water partition coefficient (Wildman–Crippen LogP) is 1.46. The molecule has 0 saturated heterocycles. The van der Waals surface area contributed by atoms with Crippen LogP contribution in [0.4, 0.5) is 0 Å². The van der Waals surface area contributed by atoms with Gasteiger partial charge in [-0.3, -0.25) is 0 Å². The molecule has 6 heteroatoms. The van der Waals surface area contributed by atoms with Gasteiger partial charge in [-0.25, -0.2) is 14.6 Å². The number of carboxylic acids is 1. The van der Waals surface area contributed by atoms with Crippen molar-refractivity contribution in [3.05, 3.63) is 29.1 Å². The summed E-state index contributed by atoms with van der Waals surface area (Å²) in [5.74, 6) is -1.96. The highest BCUT2D eigenvalue weighted by molar-refractivity contribution is 9.08. The first-order valence-electron chi connectivity index (χ1n) is 3.96. The summed E-state index contributed by atoms with van der Waals surface area (Å²) in [6.07, 6.45) is 1.39. The van der Waals surface area contributed by atoms with Gasteiger partial charge in [0.1, 0.15) is 0 Å². The molecular weight excluding hydrogens is 266 g/mol. The second-order valence-electron chi connectivity index (χ2n) is 2.67. The van der Waals surface area contributed by atoms with Crippen LogP contribution in [0.2, 0.25) is 0 Å². The van der Waals surface area contributed by atoms with Crippen molar-refractivity contribution in [3.63, 3.8) is 0 Å². The van der Waals surface area contributed by atoms with Crippen LogP contribution in [0, 0.1) is 0 Å². The molecule has 0 spiro atoms. The molecule has 1 heterocycles. The Bertz CT molecular complexity index is 405. The van der Waals surface area contributed by atoms with Crippen molar-refractivity contribution in [2.75, 3.05) is 7.11 Å². The minimum Gasteiger partial charge on any atom is -0.476 e. The third-order valence-corrected chi connectivity index (χ3v) is 2.35. The van der Waals surface area contributed by atoms with Crippen LogP contribution in [0.25, 0.3) is 0 Å². The van der Waals surface area contributed by atoms with E-state index in [-0.39, 0.29) is 11.3 Å². The highest BCUT2D eigenvalue weighted by Gasteiger charge is 2.18. The molecule has 0 amide bonds. The summed E-state index contributed by atoms with van der Waals surface area (Å²) in [5.41, 5.74) is 0.369. The smallest absolute Gasteiger partial charge is 0.355 e. The third kappa shape index (κ3) is 2.53. The van der Waals surface area contributed by atoms with E-state index < -0.39 is 11.9 Å². The molecule has 0 aliphatic rings. The van der Waals surface area contributed by atoms with Gasteiger partial charge in [-0.05, 0) is 11.6 Å². The number of nitrogens with zero attached hydrogens (tertiary/aromatic N) is 1. The van der Waals surface area contributed by atoms with E-state index in [0.717, 1.165) is 0 Å². The molecule has 0 aliphatic heterocycles. The molecular formula is C9H8BrNO4. The number of carbonyl (C=O) groups is 2. The number of carbonyl (C=O) groups excluding carboxylic acids is 1. The molecule has 80 valence electrons. The Morgan fingerprint density at radius 2 is 2.27 bits per heavy atom. The Kier molecular flexibility index (Phi) is 3.79. The molecule has 0 unspecified atom stereocenters. The van der Waals surface area contributed by atoms with Crippen LogP contribution in [-0.4, -0.2) is 29.1 Å². The number of aromatic nitrogens is 1. The monoisotopic (exact) mass is 273 g/mol. The van der Waals surface area contributed by atoms with Gasteiger partial charge in [-0.15, -0.1) is 0 Å². The summed E-state index contributed by atoms with van der Waals surface area (Å²) in [4.78, 5) is 25.7. The molecule has 15 heavy (non-hydrogen) atoms. The maximum absolute atomic E-state index is 11.3. The van der Waals surface area contributed by atoms with Gasteiger partial charge in [0.05, 0.1) is 12.7 Å². The summed E-state index contributed by atoms with van der Waals surface area (Å²) in [5, 5.41) is 9.28. The lowest BCUT2D eigenvalue weighted by Gasteiger charge is -2.04. The van der Waals surface area contributed by atoms with Gasteiger partial charge in [-0.2, -0.15) is 0 Å². The number of hydrogen-bond acceptors (Lipinski definition) is 4. The van der Waals surface area contributed by atoms with Crippen LogP contribution in [0.15, 0.2) is 12.3 Å². The van der Waals surface area contributed by atoms with Crippen molar-refractivity contribution in [2.45, 2.75) is 5.33 Å². The van der Waals surface area contributed by atoms with Crippen molar-refractivity contribution in [1.82, 2.24) is 4.98 Å². The van der Waals surface area contributed by atoms with Crippen molar-refractivity contribution in [3.8, 4) is 0 Å². The Balaban J connectivity index is 3.28. The van der Waals surface area contributed by atoms with E-state index in [4.69, 9.17) is 5.11 Å². The quantitative estimate of drug-likeness (QED) is 0.667. The highest BCUT2D eigenvalue weighted by Crippen LogP contribution is 2.12. The van der Waals surface area contributed by atoms with Gasteiger partial charge >= 0.3 is 11.9 Å². The number of ether oxygens (including phenoxy) is 1. The summed E-state index contributed by atoms with van der Waals surface area (Å²) >= 11 is 3.18. The van der Waals surface area contributed by atoms with Gasteiger partial charge in [0.15, 0.2) is 5.69 Å². The lowest BCUT2D eigenvalue weighted by Crippen LogP contribution is -2.12. The van der Waals surface area contributed by atoms with Crippen LogP contribution < -0.4 is 0 Å².